The van der Waals surface area contributed by atoms with Crippen LogP contribution < -0.4 is 86.3 Å². The van der Waals surface area contributed by atoms with Gasteiger partial charge in [0.1, 0.15) is 78.3 Å². The SMILES string of the molecule is CC(=O)N[C@@H](CO)C(=O)N[C@@H](Cc1ccc(O)cc1)C(=O)N[C@@H](CO)C(=O)NC1CSSCC(C(=O)N[C@@H](CCCCN)C(=O)N2CCC[C@H]2C(=O)N[C@H](C(N)=O)C(C)C)NC(=O)C(Cc2c[nH]c3ccccc23)NC(=O)[C@H](CCCNC(=N)N)NC(=O)[C@@H](Cc2ccccc2)NC(=O)[C@H](Cc2c[nH]cn2)NC(=O)CNC1=O. The number of aromatic nitrogens is 3. The molecule has 0 aliphatic carbocycles. The Morgan fingerprint density at radius 3 is 1.94 bits per heavy atom. The average molecular weight is 1610 g/mol. The van der Waals surface area contributed by atoms with Crippen LogP contribution in [0.5, 0.6) is 5.75 Å². The number of fused-ring (bicyclic) bond motifs is 1. The zero-order chi connectivity index (χ0) is 82.3. The van der Waals surface area contributed by atoms with Crippen LogP contribution in [0.1, 0.15) is 88.1 Å². The molecule has 38 nitrogen and oxygen atoms in total. The molecule has 3 aromatic carbocycles. The molecule has 7 rings (SSSR count). The van der Waals surface area contributed by atoms with Crippen LogP contribution >= 0.6 is 21.6 Å². The number of nitrogens with two attached hydrogens (primary N) is 3. The highest BCUT2D eigenvalue weighted by molar-refractivity contribution is 8.76. The fourth-order valence-corrected chi connectivity index (χ4v) is 14.8. The average Bonchev–Trinajstić information content (AvgIpc) is 1.72. The molecule has 0 spiro atoms. The second-order valence-corrected chi connectivity index (χ2v) is 30.0. The summed E-state index contributed by atoms with van der Waals surface area (Å²) in [6, 6.07) is 2.56. The van der Waals surface area contributed by atoms with Crippen LogP contribution in [0.15, 0.2) is 97.6 Å². The van der Waals surface area contributed by atoms with Crippen molar-refractivity contribution in [3.63, 3.8) is 0 Å². The predicted octanol–water partition coefficient (Wildman–Crippen LogP) is -4.76. The number of aromatic amines is 2. The molecule has 12 atom stereocenters. The third kappa shape index (κ3) is 27.8. The van der Waals surface area contributed by atoms with Gasteiger partial charge in [-0.15, -0.1) is 0 Å². The molecule has 3 unspecified atom stereocenters. The zero-order valence-electron chi connectivity index (χ0n) is 62.7. The molecule has 2 fully saturated rings. The number of phenolic OH excluding ortho intramolecular Hbond substituents is 1. The minimum Gasteiger partial charge on any atom is -0.508 e. The fourth-order valence-electron chi connectivity index (χ4n) is 12.5. The van der Waals surface area contributed by atoms with E-state index in [1.54, 1.807) is 74.6 Å². The molecule has 0 saturated carbocycles. The summed E-state index contributed by atoms with van der Waals surface area (Å²) in [4.78, 5) is 212. The highest BCUT2D eigenvalue weighted by Crippen LogP contribution is 2.26. The van der Waals surface area contributed by atoms with Crippen LogP contribution in [0.4, 0.5) is 0 Å². The molecule has 2 saturated heterocycles. The van der Waals surface area contributed by atoms with E-state index in [0.29, 0.717) is 40.4 Å². The first-order chi connectivity index (χ1) is 54.0. The summed E-state index contributed by atoms with van der Waals surface area (Å²) in [6.07, 6.45) is 4.27. The summed E-state index contributed by atoms with van der Waals surface area (Å²) in [5.74, 6) is -15.0. The van der Waals surface area contributed by atoms with E-state index < -0.39 is 198 Å². The lowest BCUT2D eigenvalue weighted by atomic mass is 10.0. The van der Waals surface area contributed by atoms with E-state index in [2.05, 4.69) is 84.1 Å². The molecule has 2 aliphatic heterocycles. The quantitative estimate of drug-likeness (QED) is 0.00832. The fraction of sp³-hybridized carbons (Fsp3) is 0.479. The van der Waals surface area contributed by atoms with E-state index in [-0.39, 0.29) is 88.9 Å². The van der Waals surface area contributed by atoms with Crippen molar-refractivity contribution in [2.75, 3.05) is 50.9 Å². The Morgan fingerprint density at radius 1 is 0.655 bits per heavy atom. The number of aromatic hydroxyl groups is 1. The number of para-hydroxylation sites is 1. The Hall–Kier alpha value is -11.4. The van der Waals surface area contributed by atoms with Crippen molar-refractivity contribution in [1.82, 2.24) is 89.0 Å². The van der Waals surface area contributed by atoms with Gasteiger partial charge in [0.15, 0.2) is 5.96 Å². The van der Waals surface area contributed by atoms with Gasteiger partial charge in [0.2, 0.25) is 82.7 Å². The van der Waals surface area contributed by atoms with Crippen molar-refractivity contribution < 1.29 is 82.4 Å². The van der Waals surface area contributed by atoms with Gasteiger partial charge in [-0.1, -0.05) is 96.1 Å². The predicted molar refractivity (Wildman–Crippen MR) is 416 cm³/mol. The van der Waals surface area contributed by atoms with Crippen LogP contribution in [-0.4, -0.2) is 247 Å². The maximum absolute atomic E-state index is 15.6. The van der Waals surface area contributed by atoms with Crippen LogP contribution in [-0.2, 0) is 92.8 Å². The third-order valence-corrected chi connectivity index (χ3v) is 20.9. The summed E-state index contributed by atoms with van der Waals surface area (Å²) in [6.45, 7) is 1.74. The minimum atomic E-state index is -1.93. The lowest BCUT2D eigenvalue weighted by molar-refractivity contribution is -0.142. The van der Waals surface area contributed by atoms with Gasteiger partial charge in [-0.2, -0.15) is 0 Å². The number of aliphatic hydroxyl groups excluding tert-OH is 2. The smallest absolute Gasteiger partial charge is 0.245 e. The van der Waals surface area contributed by atoms with Gasteiger partial charge in [-0.3, -0.25) is 72.5 Å². The van der Waals surface area contributed by atoms with E-state index in [1.807, 2.05) is 0 Å². The number of nitrogens with zero attached hydrogens (tertiary/aromatic N) is 2. The Bertz CT molecular complexity index is 4120. The molecule has 113 heavy (non-hydrogen) atoms. The Labute approximate surface area is 658 Å². The number of aliphatic hydroxyl groups is 2. The number of carbonyl (C=O) groups is 14. The van der Waals surface area contributed by atoms with Gasteiger partial charge >= 0.3 is 0 Å². The second-order valence-electron chi connectivity index (χ2n) is 27.5. The number of amides is 14. The largest absolute Gasteiger partial charge is 0.508 e. The van der Waals surface area contributed by atoms with Crippen LogP contribution in [0, 0.1) is 11.3 Å². The molecule has 2 aromatic heterocycles. The topological polar surface area (TPSA) is 606 Å². The molecule has 25 N–H and O–H groups in total. The highest BCUT2D eigenvalue weighted by Gasteiger charge is 2.42. The van der Waals surface area contributed by atoms with Crippen molar-refractivity contribution in [3.05, 3.63) is 120 Å². The van der Waals surface area contributed by atoms with Crippen LogP contribution in [0.3, 0.4) is 0 Å². The molecule has 4 heterocycles. The maximum Gasteiger partial charge on any atom is 0.245 e. The van der Waals surface area contributed by atoms with Gasteiger partial charge in [0.05, 0.1) is 31.8 Å². The first-order valence-electron chi connectivity index (χ1n) is 36.8. The number of benzene rings is 3. The molecule has 0 radical (unpaired) electrons. The molecule has 0 bridgehead atoms. The number of nitrogens with one attached hydrogen (secondary N) is 16. The zero-order valence-corrected chi connectivity index (χ0v) is 64.3. The number of hydrogen-bond donors (Lipinski definition) is 22. The van der Waals surface area contributed by atoms with E-state index in [0.717, 1.165) is 28.5 Å². The number of imidazole rings is 1. The number of hydrogen-bond acceptors (Lipinski definition) is 22. The lowest BCUT2D eigenvalue weighted by Gasteiger charge is -2.31. The summed E-state index contributed by atoms with van der Waals surface area (Å²) >= 11 is 0. The van der Waals surface area contributed by atoms with Gasteiger partial charge < -0.3 is 117 Å². The number of H-pyrrole nitrogens is 2. The van der Waals surface area contributed by atoms with E-state index >= 15 is 19.2 Å². The van der Waals surface area contributed by atoms with Gasteiger partial charge in [-0.05, 0) is 92.3 Å². The van der Waals surface area contributed by atoms with Crippen LogP contribution in [0.25, 0.3) is 10.9 Å². The number of phenols is 1. The molecule has 612 valence electrons. The van der Waals surface area contributed by atoms with Gasteiger partial charge in [-0.25, -0.2) is 4.98 Å². The second kappa shape index (κ2) is 44.6. The Balaban J connectivity index is 1.30. The van der Waals surface area contributed by atoms with Crippen molar-refractivity contribution >= 4 is 121 Å². The third-order valence-electron chi connectivity index (χ3n) is 18.5. The first-order valence-corrected chi connectivity index (χ1v) is 39.3. The molecule has 5 aromatic rings. The molecular weight excluding hydrogens is 1510 g/mol. The van der Waals surface area contributed by atoms with Crippen molar-refractivity contribution in [2.45, 2.75) is 164 Å². The van der Waals surface area contributed by atoms with E-state index in [9.17, 15) is 63.3 Å². The highest BCUT2D eigenvalue weighted by atomic mass is 33.1. The number of primary amides is 1. The maximum atomic E-state index is 15.6. The minimum absolute atomic E-state index is 0.0211. The molecule has 14 amide bonds. The van der Waals surface area contributed by atoms with E-state index in [4.69, 9.17) is 22.6 Å². The van der Waals surface area contributed by atoms with Crippen molar-refractivity contribution in [3.8, 4) is 5.75 Å². The standard InChI is InChI=1S/C73H101N21O17S2/c1-39(2)60(61(75)100)93-71(110)58-19-12-26-94(58)72(111)49(17-9-10-24-74)86-70(109)57-37-113-112-36-56(91-69(108)55(35-96)90-65(104)51(28-42-20-22-45(98)23-21-42)88-68(107)54(34-95)83-40(3)97)62(101)81-33-59(99)84-53(30-44-32-78-38-82-44)67(106)87-50(27-41-13-5-4-6-14-41)64(103)85-48(18-11-25-79-73(76)77)63(102)89-52(66(105)92-57)29-43-31-80-47-16-8-7-15-46(43)47/h4-8,13-16,20-23,31-32,38-39,48-58,60,80,95-96,98H,9-12,17-19,24-30,33-37,74H2,1-3H3,(H2,75,100)(H,78,82)(H,81,101)(H,83,97)(H,84,99)(H,85,103)(H,86,109)(H,87,106)(H,88,107)(H,89,102)(H,90,104)(H,91,108)(H,92,105)(H,93,110)(H4,76,77,79)/t48-,49-,50+,51-,52?,53-,54-,55-,56?,57?,58-,60-/m0/s1. The number of likely N-dealkylation sites (tertiary alicyclic amines) is 1. The van der Waals surface area contributed by atoms with Crippen LogP contribution in [0.2, 0.25) is 0 Å². The number of rotatable bonds is 32. The van der Waals surface area contributed by atoms with Crippen molar-refractivity contribution in [2.24, 2.45) is 23.1 Å². The van der Waals surface area contributed by atoms with Crippen molar-refractivity contribution in [1.29, 1.82) is 5.41 Å². The van der Waals surface area contributed by atoms with Gasteiger partial charge in [0.25, 0.3) is 0 Å². The van der Waals surface area contributed by atoms with E-state index in [1.165, 1.54) is 41.7 Å². The summed E-state index contributed by atoms with van der Waals surface area (Å²) in [5, 5.41) is 72.9. The number of unbranched alkanes of at least 4 members (excludes halogenated alkanes) is 1. The summed E-state index contributed by atoms with van der Waals surface area (Å²) < 4.78 is 0. The first kappa shape index (κ1) is 88.9. The molecular formula is C73H101N21O17S2. The number of carbonyl (C=O) groups excluding carboxylic acids is 14. The number of guanidine groups is 1. The monoisotopic (exact) mass is 1610 g/mol. The Morgan fingerprint density at radius 2 is 1.28 bits per heavy atom. The summed E-state index contributed by atoms with van der Waals surface area (Å²) in [5.41, 5.74) is 19.5. The summed E-state index contributed by atoms with van der Waals surface area (Å²) in [7, 11) is 1.65. The lowest BCUT2D eigenvalue weighted by Crippen LogP contribution is -2.61. The van der Waals surface area contributed by atoms with Gasteiger partial charge in [0, 0.05) is 80.5 Å². The molecule has 2 aliphatic rings. The molecule has 40 heteroatoms. The Kier molecular flexibility index (Phi) is 35.1. The normalized spacial score (nSPS) is 20.3.